The highest BCUT2D eigenvalue weighted by Gasteiger charge is 2.09. The first-order valence-electron chi connectivity index (χ1n) is 6.37. The van der Waals surface area contributed by atoms with Crippen LogP contribution in [-0.4, -0.2) is 38.7 Å². The highest BCUT2D eigenvalue weighted by molar-refractivity contribution is 5.42. The van der Waals surface area contributed by atoms with E-state index in [4.69, 9.17) is 9.47 Å². The monoisotopic (exact) mass is 254 g/mol. The molecular formula is C14H24NO3+. The molecule has 0 saturated heterocycles. The Morgan fingerprint density at radius 3 is 2.78 bits per heavy atom. The van der Waals surface area contributed by atoms with Crippen molar-refractivity contribution in [2.75, 3.05) is 34.0 Å². The Bertz CT molecular complexity index is 342. The van der Waals surface area contributed by atoms with E-state index in [0.717, 1.165) is 37.6 Å². The molecule has 0 fully saturated rings. The lowest BCUT2D eigenvalue weighted by Crippen LogP contribution is -2.12. The second-order valence-electron chi connectivity index (χ2n) is 4.00. The number of nitrogens with one attached hydrogen (secondary N) is 1. The minimum Gasteiger partial charge on any atom is -0.582 e. The van der Waals surface area contributed by atoms with Crippen LogP contribution in [0.4, 0.5) is 0 Å². The average molecular weight is 254 g/mol. The van der Waals surface area contributed by atoms with Crippen molar-refractivity contribution in [3.63, 3.8) is 0 Å². The lowest BCUT2D eigenvalue weighted by atomic mass is 10.2. The van der Waals surface area contributed by atoms with E-state index in [1.54, 1.807) is 14.2 Å². The van der Waals surface area contributed by atoms with Crippen LogP contribution in [0, 0.1) is 0 Å². The maximum Gasteiger partial charge on any atom is 0.297 e. The van der Waals surface area contributed by atoms with E-state index in [0.29, 0.717) is 6.61 Å². The summed E-state index contributed by atoms with van der Waals surface area (Å²) in [7, 11) is 3.48. The van der Waals surface area contributed by atoms with Gasteiger partial charge in [-0.25, -0.2) is 0 Å². The van der Waals surface area contributed by atoms with Crippen LogP contribution in [0.2, 0.25) is 0 Å². The van der Waals surface area contributed by atoms with E-state index >= 15 is 0 Å². The summed E-state index contributed by atoms with van der Waals surface area (Å²) >= 11 is 0. The SMILES string of the molecule is CCNCc1ccc([OH+]C)c(OCCCOC)c1. The molecule has 4 heteroatoms. The predicted octanol–water partition coefficient (Wildman–Crippen LogP) is 2.08. The van der Waals surface area contributed by atoms with Gasteiger partial charge in [-0.05, 0) is 24.2 Å². The second-order valence-corrected chi connectivity index (χ2v) is 4.00. The molecule has 1 aromatic rings. The zero-order valence-corrected chi connectivity index (χ0v) is 11.5. The van der Waals surface area contributed by atoms with Crippen molar-refractivity contribution in [1.82, 2.24) is 5.32 Å². The lowest BCUT2D eigenvalue weighted by molar-refractivity contribution is 0.121. The number of rotatable bonds is 9. The van der Waals surface area contributed by atoms with Crippen LogP contribution >= 0.6 is 0 Å². The summed E-state index contributed by atoms with van der Waals surface area (Å²) in [6.07, 6.45) is 0.886. The van der Waals surface area contributed by atoms with Gasteiger partial charge in [0.25, 0.3) is 5.75 Å². The molecule has 0 aromatic heterocycles. The first-order valence-corrected chi connectivity index (χ1v) is 6.37. The van der Waals surface area contributed by atoms with Gasteiger partial charge in [0.15, 0.2) is 7.11 Å². The molecule has 2 N–H and O–H groups in total. The molecule has 0 radical (unpaired) electrons. The summed E-state index contributed by atoms with van der Waals surface area (Å²) < 4.78 is 15.0. The number of ether oxygens (including phenoxy) is 3. The molecular weight excluding hydrogens is 230 g/mol. The molecule has 1 aromatic carbocycles. The molecule has 102 valence electrons. The summed E-state index contributed by atoms with van der Waals surface area (Å²) in [6.45, 7) is 5.29. The molecule has 0 unspecified atom stereocenters. The van der Waals surface area contributed by atoms with E-state index in [1.807, 2.05) is 6.07 Å². The third kappa shape index (κ3) is 4.94. The van der Waals surface area contributed by atoms with Gasteiger partial charge in [0, 0.05) is 32.7 Å². The number of aliphatic hydroxyl groups is 1. The Balaban J connectivity index is 2.60. The van der Waals surface area contributed by atoms with Crippen LogP contribution in [0.25, 0.3) is 0 Å². The van der Waals surface area contributed by atoms with E-state index in [2.05, 4.69) is 29.1 Å². The second kappa shape index (κ2) is 8.78. The maximum absolute atomic E-state index is 5.75. The number of methoxy groups -OCH3 is 1. The third-order valence-corrected chi connectivity index (χ3v) is 2.59. The molecule has 0 atom stereocenters. The van der Waals surface area contributed by atoms with Crippen molar-refractivity contribution < 1.29 is 14.2 Å². The van der Waals surface area contributed by atoms with Gasteiger partial charge in [-0.3, -0.25) is 0 Å². The topological polar surface area (TPSA) is 43.3 Å². The molecule has 0 saturated carbocycles. The Labute approximate surface area is 109 Å². The number of benzene rings is 1. The molecule has 1 rings (SSSR count). The standard InChI is InChI=1S/C14H23NO3/c1-4-15-11-12-6-7-13(17-3)14(10-12)18-9-5-8-16-2/h6-7,10,15H,4-5,8-9,11H2,1-3H3/p+1. The number of hydrogen-bond donors (Lipinski definition) is 1. The zero-order valence-electron chi connectivity index (χ0n) is 11.5. The molecule has 0 spiro atoms. The molecule has 0 amide bonds. The summed E-state index contributed by atoms with van der Waals surface area (Å²) in [5, 5.41) is 3.30. The lowest BCUT2D eigenvalue weighted by Gasteiger charge is -2.10. The minimum absolute atomic E-state index is 0.654. The number of hydrogen-bond acceptors (Lipinski definition) is 3. The normalized spacial score (nSPS) is 10.4. The molecule has 18 heavy (non-hydrogen) atoms. The zero-order chi connectivity index (χ0) is 13.2. The van der Waals surface area contributed by atoms with E-state index < -0.39 is 0 Å². The van der Waals surface area contributed by atoms with E-state index in [1.165, 1.54) is 5.56 Å². The van der Waals surface area contributed by atoms with Crippen molar-refractivity contribution in [1.29, 1.82) is 0 Å². The molecule has 0 bridgehead atoms. The summed E-state index contributed by atoms with van der Waals surface area (Å²) in [6, 6.07) is 6.13. The highest BCUT2D eigenvalue weighted by atomic mass is 16.5. The summed E-state index contributed by atoms with van der Waals surface area (Å²) in [5.74, 6) is 1.75. The minimum atomic E-state index is 0.654. The van der Waals surface area contributed by atoms with Crippen LogP contribution in [0.1, 0.15) is 18.9 Å². The van der Waals surface area contributed by atoms with Crippen LogP contribution < -0.4 is 10.1 Å². The Hall–Kier alpha value is -1.26. The van der Waals surface area contributed by atoms with Gasteiger partial charge in [0.2, 0.25) is 5.75 Å². The smallest absolute Gasteiger partial charge is 0.297 e. The van der Waals surface area contributed by atoms with Crippen LogP contribution in [0.5, 0.6) is 11.5 Å². The molecule has 4 nitrogen and oxygen atoms in total. The molecule has 0 heterocycles. The highest BCUT2D eigenvalue weighted by Crippen LogP contribution is 2.28. The summed E-state index contributed by atoms with van der Waals surface area (Å²) in [4.78, 5) is 0. The fourth-order valence-corrected chi connectivity index (χ4v) is 1.62. The number of aromatic hydroxyl groups is 1. The first kappa shape index (κ1) is 14.8. The van der Waals surface area contributed by atoms with Crippen molar-refractivity contribution in [2.24, 2.45) is 0 Å². The third-order valence-electron chi connectivity index (χ3n) is 2.59. The fraction of sp³-hybridized carbons (Fsp3) is 0.571. The average Bonchev–Trinajstić information content (AvgIpc) is 2.41. The van der Waals surface area contributed by atoms with E-state index in [9.17, 15) is 0 Å². The molecule has 0 aliphatic heterocycles. The van der Waals surface area contributed by atoms with E-state index in [-0.39, 0.29) is 0 Å². The molecule has 0 aliphatic rings. The Morgan fingerprint density at radius 1 is 1.28 bits per heavy atom. The largest absolute Gasteiger partial charge is 0.582 e. The van der Waals surface area contributed by atoms with Gasteiger partial charge in [-0.15, -0.1) is 0 Å². The van der Waals surface area contributed by atoms with Gasteiger partial charge in [-0.1, -0.05) is 6.92 Å². The van der Waals surface area contributed by atoms with Crippen molar-refractivity contribution in [3.05, 3.63) is 23.8 Å². The van der Waals surface area contributed by atoms with Crippen molar-refractivity contribution in [2.45, 2.75) is 19.9 Å². The van der Waals surface area contributed by atoms with Crippen LogP contribution in [-0.2, 0) is 11.3 Å². The van der Waals surface area contributed by atoms with Gasteiger partial charge in [0.05, 0.1) is 6.61 Å². The Kier molecular flexibility index (Phi) is 7.22. The van der Waals surface area contributed by atoms with Crippen molar-refractivity contribution >= 4 is 0 Å². The molecule has 0 aliphatic carbocycles. The van der Waals surface area contributed by atoms with Gasteiger partial charge in [-0.2, -0.15) is 0 Å². The van der Waals surface area contributed by atoms with Crippen LogP contribution in [0.15, 0.2) is 18.2 Å². The van der Waals surface area contributed by atoms with Crippen molar-refractivity contribution in [3.8, 4) is 11.5 Å². The predicted molar refractivity (Wildman–Crippen MR) is 73.4 cm³/mol. The van der Waals surface area contributed by atoms with Gasteiger partial charge in [0.1, 0.15) is 0 Å². The van der Waals surface area contributed by atoms with Gasteiger partial charge >= 0.3 is 0 Å². The maximum atomic E-state index is 5.75. The fourth-order valence-electron chi connectivity index (χ4n) is 1.62. The first-order chi connectivity index (χ1) is 8.81. The summed E-state index contributed by atoms with van der Waals surface area (Å²) in [5.41, 5.74) is 1.21. The quantitative estimate of drug-likeness (QED) is 0.542. The van der Waals surface area contributed by atoms with Gasteiger partial charge < -0.3 is 19.5 Å². The van der Waals surface area contributed by atoms with Crippen LogP contribution in [0.3, 0.4) is 0 Å². The Morgan fingerprint density at radius 2 is 2.11 bits per heavy atom.